The van der Waals surface area contributed by atoms with Crippen LogP contribution in [0.2, 0.25) is 0 Å². The molecule has 0 saturated carbocycles. The zero-order chi connectivity index (χ0) is 17.9. The molecule has 1 aromatic rings. The minimum absolute atomic E-state index is 0.101. The molecular formula is C15H19N3O6. The molecule has 9 heteroatoms. The molecule has 1 aromatic carbocycles. The van der Waals surface area contributed by atoms with Gasteiger partial charge in [0, 0.05) is 25.7 Å². The number of carboxylic acids is 1. The van der Waals surface area contributed by atoms with E-state index >= 15 is 0 Å². The van der Waals surface area contributed by atoms with E-state index in [1.54, 1.807) is 13.0 Å². The van der Waals surface area contributed by atoms with E-state index < -0.39 is 22.3 Å². The van der Waals surface area contributed by atoms with E-state index in [4.69, 9.17) is 4.74 Å². The summed E-state index contributed by atoms with van der Waals surface area (Å²) < 4.78 is 4.92. The summed E-state index contributed by atoms with van der Waals surface area (Å²) in [6.07, 6.45) is 0.393. The first kappa shape index (κ1) is 17.5. The van der Waals surface area contributed by atoms with Gasteiger partial charge in [-0.3, -0.25) is 14.9 Å². The first-order valence-electron chi connectivity index (χ1n) is 7.34. The van der Waals surface area contributed by atoms with Crippen molar-refractivity contribution in [2.75, 3.05) is 20.2 Å². The number of aliphatic carboxylic acids is 1. The van der Waals surface area contributed by atoms with Gasteiger partial charge < -0.3 is 20.1 Å². The summed E-state index contributed by atoms with van der Waals surface area (Å²) in [4.78, 5) is 35.2. The Kier molecular flexibility index (Phi) is 4.91. The van der Waals surface area contributed by atoms with Crippen molar-refractivity contribution in [3.8, 4) is 5.75 Å². The molecule has 0 aromatic heterocycles. The smallest absolute Gasteiger partial charge is 0.317 e. The highest BCUT2D eigenvalue weighted by Gasteiger charge is 2.42. The number of nitrogens with zero attached hydrogens (tertiary/aromatic N) is 2. The zero-order valence-electron chi connectivity index (χ0n) is 13.4. The lowest BCUT2D eigenvalue weighted by Gasteiger charge is -2.20. The number of nitro groups is 1. The predicted molar refractivity (Wildman–Crippen MR) is 83.8 cm³/mol. The van der Waals surface area contributed by atoms with E-state index in [2.05, 4.69) is 5.32 Å². The molecule has 1 unspecified atom stereocenters. The highest BCUT2D eigenvalue weighted by atomic mass is 16.6. The Morgan fingerprint density at radius 3 is 2.75 bits per heavy atom. The first-order valence-corrected chi connectivity index (χ1v) is 7.34. The maximum Gasteiger partial charge on any atom is 0.317 e. The number of carbonyl (C=O) groups is 2. The third-order valence-electron chi connectivity index (χ3n) is 4.16. The van der Waals surface area contributed by atoms with Crippen LogP contribution >= 0.6 is 0 Å². The number of urea groups is 1. The molecule has 2 N–H and O–H groups in total. The largest absolute Gasteiger partial charge is 0.490 e. The number of nitro benzene ring substituents is 1. The number of amides is 2. The van der Waals surface area contributed by atoms with E-state index in [0.29, 0.717) is 18.5 Å². The normalized spacial score (nSPS) is 19.8. The first-order chi connectivity index (χ1) is 11.3. The number of hydrogen-bond acceptors (Lipinski definition) is 5. The molecular weight excluding hydrogens is 318 g/mol. The minimum atomic E-state index is -0.934. The van der Waals surface area contributed by atoms with Gasteiger partial charge in [-0.15, -0.1) is 0 Å². The molecule has 0 bridgehead atoms. The highest BCUT2D eigenvalue weighted by molar-refractivity contribution is 5.79. The summed E-state index contributed by atoms with van der Waals surface area (Å²) >= 11 is 0. The number of rotatable bonds is 5. The maximum absolute atomic E-state index is 12.1. The SMILES string of the molecule is COc1ccc(CNC(=O)N2CCC(C)(C(=O)O)C2)cc1[N+](=O)[O-]. The lowest BCUT2D eigenvalue weighted by molar-refractivity contribution is -0.385. The molecule has 0 radical (unpaired) electrons. The number of hydrogen-bond donors (Lipinski definition) is 2. The van der Waals surface area contributed by atoms with Gasteiger partial charge in [0.05, 0.1) is 17.4 Å². The Morgan fingerprint density at radius 2 is 2.21 bits per heavy atom. The van der Waals surface area contributed by atoms with Gasteiger partial charge in [-0.05, 0) is 25.0 Å². The van der Waals surface area contributed by atoms with Crippen LogP contribution in [0.25, 0.3) is 0 Å². The van der Waals surface area contributed by atoms with Crippen LogP contribution in [-0.2, 0) is 11.3 Å². The van der Waals surface area contributed by atoms with E-state index in [9.17, 15) is 24.8 Å². The number of carbonyl (C=O) groups excluding carboxylic acids is 1. The topological polar surface area (TPSA) is 122 Å². The Morgan fingerprint density at radius 1 is 1.50 bits per heavy atom. The third-order valence-corrected chi connectivity index (χ3v) is 4.16. The summed E-state index contributed by atoms with van der Waals surface area (Å²) in [6, 6.07) is 4.04. The van der Waals surface area contributed by atoms with Crippen LogP contribution in [-0.4, -0.2) is 47.1 Å². The van der Waals surface area contributed by atoms with Gasteiger partial charge in [0.25, 0.3) is 0 Å². The Balaban J connectivity index is 1.99. The van der Waals surface area contributed by atoms with Gasteiger partial charge in [-0.1, -0.05) is 6.07 Å². The molecule has 1 atom stereocenters. The number of ether oxygens (including phenoxy) is 1. The van der Waals surface area contributed by atoms with Crippen LogP contribution in [0.5, 0.6) is 5.75 Å². The average Bonchev–Trinajstić information content (AvgIpc) is 2.96. The molecule has 0 aliphatic carbocycles. The minimum Gasteiger partial charge on any atom is -0.490 e. The van der Waals surface area contributed by atoms with Gasteiger partial charge in [-0.25, -0.2) is 4.79 Å². The lowest BCUT2D eigenvalue weighted by atomic mass is 9.90. The third kappa shape index (κ3) is 3.55. The molecule has 0 spiro atoms. The maximum atomic E-state index is 12.1. The van der Waals surface area contributed by atoms with Gasteiger partial charge in [0.15, 0.2) is 5.75 Å². The van der Waals surface area contributed by atoms with Crippen molar-refractivity contribution in [3.63, 3.8) is 0 Å². The van der Waals surface area contributed by atoms with Crippen molar-refractivity contribution in [3.05, 3.63) is 33.9 Å². The van der Waals surface area contributed by atoms with Crippen molar-refractivity contribution in [2.24, 2.45) is 5.41 Å². The second-order valence-electron chi connectivity index (χ2n) is 5.96. The molecule has 1 fully saturated rings. The Bertz CT molecular complexity index is 677. The number of methoxy groups -OCH3 is 1. The Labute approximate surface area is 138 Å². The van der Waals surface area contributed by atoms with Crippen LogP contribution < -0.4 is 10.1 Å². The standard InChI is InChI=1S/C15H19N3O6/c1-15(13(19)20)5-6-17(9-15)14(21)16-8-10-3-4-12(24-2)11(7-10)18(22)23/h3-4,7H,5-6,8-9H2,1-2H3,(H,16,21)(H,19,20). The number of nitrogens with one attached hydrogen (secondary N) is 1. The van der Waals surface area contributed by atoms with E-state index in [1.807, 2.05) is 0 Å². The van der Waals surface area contributed by atoms with Gasteiger partial charge in [-0.2, -0.15) is 0 Å². The van der Waals surface area contributed by atoms with Crippen molar-refractivity contribution < 1.29 is 24.4 Å². The number of benzene rings is 1. The van der Waals surface area contributed by atoms with Gasteiger partial charge in [0.2, 0.25) is 0 Å². The number of likely N-dealkylation sites (tertiary alicyclic amines) is 1. The fourth-order valence-electron chi connectivity index (χ4n) is 2.59. The van der Waals surface area contributed by atoms with Crippen LogP contribution in [0.1, 0.15) is 18.9 Å². The fraction of sp³-hybridized carbons (Fsp3) is 0.467. The number of carboxylic acid groups (broad SMARTS) is 1. The van der Waals surface area contributed by atoms with Crippen LogP contribution in [0, 0.1) is 15.5 Å². The second-order valence-corrected chi connectivity index (χ2v) is 5.96. The van der Waals surface area contributed by atoms with Crippen LogP contribution in [0.4, 0.5) is 10.5 Å². The summed E-state index contributed by atoms with van der Waals surface area (Å²) in [5.74, 6) is -0.782. The summed E-state index contributed by atoms with van der Waals surface area (Å²) in [5.41, 5.74) is -0.559. The van der Waals surface area contributed by atoms with Gasteiger partial charge in [0.1, 0.15) is 0 Å². The van der Waals surface area contributed by atoms with Crippen molar-refractivity contribution >= 4 is 17.7 Å². The molecule has 1 aliphatic heterocycles. The van der Waals surface area contributed by atoms with Crippen molar-refractivity contribution in [2.45, 2.75) is 19.9 Å². The zero-order valence-corrected chi connectivity index (χ0v) is 13.4. The summed E-state index contributed by atoms with van der Waals surface area (Å²) in [7, 11) is 1.34. The summed E-state index contributed by atoms with van der Waals surface area (Å²) in [6.45, 7) is 2.20. The molecule has 1 saturated heterocycles. The predicted octanol–water partition coefficient (Wildman–Crippen LogP) is 1.61. The molecule has 2 rings (SSSR count). The summed E-state index contributed by atoms with van der Waals surface area (Å²) in [5, 5.41) is 22.8. The van der Waals surface area contributed by atoms with Crippen LogP contribution in [0.15, 0.2) is 18.2 Å². The van der Waals surface area contributed by atoms with E-state index in [1.165, 1.54) is 24.1 Å². The quantitative estimate of drug-likeness (QED) is 0.622. The van der Waals surface area contributed by atoms with E-state index in [0.717, 1.165) is 0 Å². The lowest BCUT2D eigenvalue weighted by Crippen LogP contribution is -2.40. The fourth-order valence-corrected chi connectivity index (χ4v) is 2.59. The van der Waals surface area contributed by atoms with Crippen LogP contribution in [0.3, 0.4) is 0 Å². The van der Waals surface area contributed by atoms with E-state index in [-0.39, 0.29) is 24.5 Å². The molecule has 1 heterocycles. The second kappa shape index (κ2) is 6.73. The molecule has 9 nitrogen and oxygen atoms in total. The van der Waals surface area contributed by atoms with Crippen molar-refractivity contribution in [1.29, 1.82) is 0 Å². The highest BCUT2D eigenvalue weighted by Crippen LogP contribution is 2.30. The average molecular weight is 337 g/mol. The van der Waals surface area contributed by atoms with Crippen molar-refractivity contribution in [1.82, 2.24) is 10.2 Å². The Hall–Kier alpha value is -2.84. The molecule has 1 aliphatic rings. The molecule has 130 valence electrons. The molecule has 2 amide bonds. The monoisotopic (exact) mass is 337 g/mol. The van der Waals surface area contributed by atoms with Gasteiger partial charge >= 0.3 is 17.7 Å². The molecule has 24 heavy (non-hydrogen) atoms.